The fourth-order valence-electron chi connectivity index (χ4n) is 1.30. The summed E-state index contributed by atoms with van der Waals surface area (Å²) in [7, 11) is 0. The van der Waals surface area contributed by atoms with Gasteiger partial charge in [0.05, 0.1) is 6.61 Å². The van der Waals surface area contributed by atoms with Crippen molar-refractivity contribution in [3.05, 3.63) is 0 Å². The summed E-state index contributed by atoms with van der Waals surface area (Å²) in [6.07, 6.45) is -5.67. The molecule has 5 atom stereocenters. The molecule has 0 saturated heterocycles. The van der Waals surface area contributed by atoms with E-state index in [0.29, 0.717) is 13.0 Å². The first-order chi connectivity index (χ1) is 10.6. The smallest absolute Gasteiger partial charge is 0.335 e. The summed E-state index contributed by atoms with van der Waals surface area (Å²) in [6.45, 7) is -0.239. The zero-order chi connectivity index (χ0) is 18.6. The Morgan fingerprint density at radius 3 is 1.78 bits per heavy atom. The topological polar surface area (TPSA) is 228 Å². The van der Waals surface area contributed by atoms with Gasteiger partial charge in [-0.1, -0.05) is 6.42 Å². The van der Waals surface area contributed by atoms with Crippen LogP contribution >= 0.6 is 0 Å². The molecule has 11 heteroatoms. The molecule has 0 spiro atoms. The average Bonchev–Trinajstić information content (AvgIpc) is 2.52. The first kappa shape index (κ1) is 23.9. The number of unbranched alkanes of at least 4 members (excludes halogenated alkanes) is 1. The van der Waals surface area contributed by atoms with Crippen molar-refractivity contribution in [2.45, 2.75) is 49.7 Å². The third-order valence-corrected chi connectivity index (χ3v) is 2.79. The van der Waals surface area contributed by atoms with Gasteiger partial charge in [-0.15, -0.1) is 0 Å². The highest BCUT2D eigenvalue weighted by atomic mass is 16.4. The molecule has 0 heterocycles. The summed E-state index contributed by atoms with van der Waals surface area (Å²) in [6, 6.07) is -0.716. The number of hydrogen-bond donors (Lipinski definition) is 9. The zero-order valence-corrected chi connectivity index (χ0v) is 12.5. The minimum absolute atomic E-state index is 0.520. The van der Waals surface area contributed by atoms with Crippen LogP contribution in [0.3, 0.4) is 0 Å². The van der Waals surface area contributed by atoms with E-state index in [9.17, 15) is 9.59 Å². The molecule has 0 fully saturated rings. The molecule has 23 heavy (non-hydrogen) atoms. The van der Waals surface area contributed by atoms with Crippen molar-refractivity contribution in [3.63, 3.8) is 0 Å². The summed E-state index contributed by atoms with van der Waals surface area (Å²) >= 11 is 0. The highest BCUT2D eigenvalue weighted by Gasteiger charge is 2.33. The van der Waals surface area contributed by atoms with Crippen molar-refractivity contribution >= 4 is 11.9 Å². The first-order valence-electron chi connectivity index (χ1n) is 6.84. The zero-order valence-electron chi connectivity index (χ0n) is 12.5. The van der Waals surface area contributed by atoms with Crippen LogP contribution in [0.25, 0.3) is 0 Å². The molecule has 0 aliphatic carbocycles. The molecule has 5 unspecified atom stereocenters. The van der Waals surface area contributed by atoms with Gasteiger partial charge in [0.15, 0.2) is 6.10 Å². The molecular weight excluding hydrogens is 316 g/mol. The molecule has 0 aromatic rings. The van der Waals surface area contributed by atoms with E-state index in [0.717, 1.165) is 12.8 Å². The van der Waals surface area contributed by atoms with Crippen molar-refractivity contribution in [2.75, 3.05) is 13.2 Å². The lowest BCUT2D eigenvalue weighted by molar-refractivity contribution is -0.164. The lowest BCUT2D eigenvalue weighted by atomic mass is 10.0. The Labute approximate surface area is 132 Å². The van der Waals surface area contributed by atoms with Crippen LogP contribution in [0, 0.1) is 0 Å². The van der Waals surface area contributed by atoms with E-state index in [2.05, 4.69) is 0 Å². The van der Waals surface area contributed by atoms with Gasteiger partial charge in [-0.25, -0.2) is 4.79 Å². The fraction of sp³-hybridized carbons (Fsp3) is 0.833. The summed E-state index contributed by atoms with van der Waals surface area (Å²) in [4.78, 5) is 20.2. The van der Waals surface area contributed by atoms with E-state index in [-0.39, 0.29) is 0 Å². The Kier molecular flexibility index (Phi) is 13.7. The predicted octanol–water partition coefficient (Wildman–Crippen LogP) is -3.97. The van der Waals surface area contributed by atoms with Crippen LogP contribution in [-0.4, -0.2) is 91.3 Å². The first-order valence-corrected chi connectivity index (χ1v) is 6.84. The lowest BCUT2D eigenvalue weighted by Gasteiger charge is -2.23. The van der Waals surface area contributed by atoms with Gasteiger partial charge in [0.2, 0.25) is 0 Å². The maximum atomic E-state index is 10.1. The highest BCUT2D eigenvalue weighted by Crippen LogP contribution is 2.04. The number of carbonyl (C=O) groups is 2. The molecule has 0 saturated carbocycles. The van der Waals surface area contributed by atoms with Crippen LogP contribution in [0.2, 0.25) is 0 Å². The monoisotopic (exact) mass is 342 g/mol. The van der Waals surface area contributed by atoms with Gasteiger partial charge in [0, 0.05) is 0 Å². The maximum absolute atomic E-state index is 10.1. The van der Waals surface area contributed by atoms with Gasteiger partial charge in [0.1, 0.15) is 24.4 Å². The molecule has 0 aliphatic rings. The summed E-state index contributed by atoms with van der Waals surface area (Å²) < 4.78 is 0. The minimum Gasteiger partial charge on any atom is -0.480 e. The molecule has 0 radical (unpaired) electrons. The second-order valence-corrected chi connectivity index (χ2v) is 4.74. The minimum atomic E-state index is -2.20. The fourth-order valence-corrected chi connectivity index (χ4v) is 1.30. The largest absolute Gasteiger partial charge is 0.480 e. The number of carboxylic acid groups (broad SMARTS) is 2. The Morgan fingerprint density at radius 2 is 1.43 bits per heavy atom. The lowest BCUT2D eigenvalue weighted by Crippen LogP contribution is -2.48. The molecule has 0 bridgehead atoms. The van der Waals surface area contributed by atoms with Crippen LogP contribution in [-0.2, 0) is 9.59 Å². The molecule has 11 nitrogen and oxygen atoms in total. The van der Waals surface area contributed by atoms with Crippen LogP contribution in [0.15, 0.2) is 0 Å². The number of rotatable bonds is 10. The average molecular weight is 342 g/mol. The molecule has 0 aromatic carbocycles. The number of hydrogen-bond acceptors (Lipinski definition) is 9. The molecule has 0 aromatic heterocycles. The van der Waals surface area contributed by atoms with Crippen molar-refractivity contribution in [1.82, 2.24) is 0 Å². The van der Waals surface area contributed by atoms with E-state index in [1.807, 2.05) is 0 Å². The number of aliphatic hydroxyl groups excluding tert-OH is 5. The molecule has 11 N–H and O–H groups in total. The normalized spacial score (nSPS) is 17.2. The number of aliphatic hydroxyl groups is 5. The third-order valence-electron chi connectivity index (χ3n) is 2.79. The standard InChI is InChI=1S/C6H14N2O2.C6H12O7/c7-4-2-1-3-5(8)6(9)10;7-1-2(8)3(9)4(10)5(11)6(12)13/h5H,1-4,7-8H2,(H,9,10);2-5,7-11H,1H2,(H,12,13). The SMILES string of the molecule is NCCCCC(N)C(=O)O.O=C(O)C(O)C(O)C(O)C(O)CO. The van der Waals surface area contributed by atoms with E-state index >= 15 is 0 Å². The Hall–Kier alpha value is -1.34. The molecule has 0 amide bonds. The van der Waals surface area contributed by atoms with Gasteiger partial charge in [0.25, 0.3) is 0 Å². The Morgan fingerprint density at radius 1 is 0.913 bits per heavy atom. The van der Waals surface area contributed by atoms with Crippen molar-refractivity contribution in [1.29, 1.82) is 0 Å². The highest BCUT2D eigenvalue weighted by molar-refractivity contribution is 5.73. The number of aliphatic carboxylic acids is 2. The van der Waals surface area contributed by atoms with E-state index in [1.165, 1.54) is 0 Å². The molecule has 0 aliphatic heterocycles. The van der Waals surface area contributed by atoms with Crippen molar-refractivity contribution in [3.8, 4) is 0 Å². The van der Waals surface area contributed by atoms with Crippen LogP contribution in [0.4, 0.5) is 0 Å². The summed E-state index contributed by atoms with van der Waals surface area (Å²) in [5.74, 6) is -2.66. The number of nitrogens with two attached hydrogens (primary N) is 2. The Bertz CT molecular complexity index is 342. The third kappa shape index (κ3) is 10.9. The van der Waals surface area contributed by atoms with Gasteiger partial charge in [-0.2, -0.15) is 0 Å². The number of carboxylic acids is 2. The van der Waals surface area contributed by atoms with E-state index < -0.39 is 49.0 Å². The summed E-state index contributed by atoms with van der Waals surface area (Å²) in [5, 5.41) is 60.1. The Balaban J connectivity index is 0. The molecule has 138 valence electrons. The predicted molar refractivity (Wildman–Crippen MR) is 77.3 cm³/mol. The second kappa shape index (κ2) is 13.1. The second-order valence-electron chi connectivity index (χ2n) is 4.74. The molecule has 0 rings (SSSR count). The quantitative estimate of drug-likeness (QED) is 0.174. The van der Waals surface area contributed by atoms with Gasteiger partial charge < -0.3 is 47.2 Å². The van der Waals surface area contributed by atoms with Crippen molar-refractivity contribution in [2.24, 2.45) is 11.5 Å². The van der Waals surface area contributed by atoms with E-state index in [4.69, 9.17) is 47.2 Å². The van der Waals surface area contributed by atoms with Gasteiger partial charge >= 0.3 is 11.9 Å². The summed E-state index contributed by atoms with van der Waals surface area (Å²) in [5.41, 5.74) is 10.4. The van der Waals surface area contributed by atoms with Gasteiger partial charge in [-0.3, -0.25) is 4.79 Å². The van der Waals surface area contributed by atoms with Crippen molar-refractivity contribution < 1.29 is 45.3 Å². The van der Waals surface area contributed by atoms with Gasteiger partial charge in [-0.05, 0) is 19.4 Å². The van der Waals surface area contributed by atoms with Crippen LogP contribution in [0.5, 0.6) is 0 Å². The molecular formula is C12H26N2O9. The van der Waals surface area contributed by atoms with E-state index in [1.54, 1.807) is 0 Å². The van der Waals surface area contributed by atoms with Crippen LogP contribution in [0.1, 0.15) is 19.3 Å². The van der Waals surface area contributed by atoms with Crippen LogP contribution < -0.4 is 11.5 Å². The maximum Gasteiger partial charge on any atom is 0.335 e.